The summed E-state index contributed by atoms with van der Waals surface area (Å²) in [6, 6.07) is 11.5. The van der Waals surface area contributed by atoms with Crippen LogP contribution in [0.5, 0.6) is 0 Å². The summed E-state index contributed by atoms with van der Waals surface area (Å²) in [7, 11) is 0. The molecule has 0 atom stereocenters. The maximum absolute atomic E-state index is 14.2. The fourth-order valence-electron chi connectivity index (χ4n) is 3.74. The molecule has 2 aliphatic rings. The van der Waals surface area contributed by atoms with Crippen LogP contribution in [0.15, 0.2) is 42.5 Å². The molecule has 1 saturated carbocycles. The van der Waals surface area contributed by atoms with Gasteiger partial charge in [-0.2, -0.15) is 0 Å². The summed E-state index contributed by atoms with van der Waals surface area (Å²) in [5.41, 5.74) is 1.90. The summed E-state index contributed by atoms with van der Waals surface area (Å²) in [6.07, 6.45) is 2.00. The average Bonchev–Trinajstić information content (AvgIpc) is 3.42. The molecule has 1 heterocycles. The maximum Gasteiger partial charge on any atom is 0.335 e. The van der Waals surface area contributed by atoms with Gasteiger partial charge >= 0.3 is 5.97 Å². The highest BCUT2D eigenvalue weighted by molar-refractivity contribution is 5.92. The number of carboxylic acid groups (broad SMARTS) is 1. The highest BCUT2D eigenvalue weighted by atomic mass is 19.1. The number of aromatic carboxylic acids is 1. The van der Waals surface area contributed by atoms with Crippen molar-refractivity contribution in [3.63, 3.8) is 0 Å². The van der Waals surface area contributed by atoms with Crippen LogP contribution in [-0.4, -0.2) is 28.4 Å². The molecule has 2 aromatic rings. The first-order valence-electron chi connectivity index (χ1n) is 8.41. The van der Waals surface area contributed by atoms with Crippen LogP contribution in [0, 0.1) is 5.82 Å². The van der Waals surface area contributed by atoms with Crippen LogP contribution in [0.3, 0.4) is 0 Å². The first-order chi connectivity index (χ1) is 12.0. The smallest absolute Gasteiger partial charge is 0.335 e. The molecule has 4 nitrogen and oxygen atoms in total. The Morgan fingerprint density at radius 3 is 2.52 bits per heavy atom. The van der Waals surface area contributed by atoms with Gasteiger partial charge in [0, 0.05) is 18.7 Å². The van der Waals surface area contributed by atoms with Gasteiger partial charge in [0.1, 0.15) is 5.82 Å². The molecule has 0 radical (unpaired) electrons. The first-order valence-corrected chi connectivity index (χ1v) is 8.41. The van der Waals surface area contributed by atoms with Crippen molar-refractivity contribution in [2.45, 2.75) is 31.2 Å². The van der Waals surface area contributed by atoms with E-state index in [4.69, 9.17) is 5.11 Å². The van der Waals surface area contributed by atoms with Crippen molar-refractivity contribution in [3.05, 3.63) is 70.5 Å². The van der Waals surface area contributed by atoms with Gasteiger partial charge in [0.25, 0.3) is 0 Å². The molecule has 0 unspecified atom stereocenters. The van der Waals surface area contributed by atoms with E-state index in [0.717, 1.165) is 11.1 Å². The second kappa shape index (κ2) is 5.69. The molecular weight excluding hydrogens is 321 g/mol. The average molecular weight is 339 g/mol. The fraction of sp³-hybridized carbons (Fsp3) is 0.300. The molecule has 1 amide bonds. The van der Waals surface area contributed by atoms with Crippen LogP contribution in [0.25, 0.3) is 0 Å². The largest absolute Gasteiger partial charge is 0.478 e. The van der Waals surface area contributed by atoms with E-state index in [1.54, 1.807) is 35.2 Å². The summed E-state index contributed by atoms with van der Waals surface area (Å²) in [6.45, 7) is 0.958. The van der Waals surface area contributed by atoms with Crippen LogP contribution < -0.4 is 0 Å². The van der Waals surface area contributed by atoms with E-state index in [-0.39, 0.29) is 17.3 Å². The summed E-state index contributed by atoms with van der Waals surface area (Å²) in [4.78, 5) is 26.0. The molecular formula is C20H18FNO3. The number of hydrogen-bond acceptors (Lipinski definition) is 2. The molecule has 0 aromatic heterocycles. The molecule has 1 aliphatic heterocycles. The number of halogens is 1. The Hall–Kier alpha value is -2.69. The number of hydrogen-bond donors (Lipinski definition) is 1. The van der Waals surface area contributed by atoms with E-state index in [1.807, 2.05) is 6.07 Å². The third-order valence-corrected chi connectivity index (χ3v) is 5.30. The topological polar surface area (TPSA) is 57.6 Å². The normalized spacial score (nSPS) is 17.7. The predicted molar refractivity (Wildman–Crippen MR) is 89.8 cm³/mol. The molecule has 0 bridgehead atoms. The molecule has 0 spiro atoms. The molecule has 4 rings (SSSR count). The summed E-state index contributed by atoms with van der Waals surface area (Å²) in [5.74, 6) is -1.36. The summed E-state index contributed by atoms with van der Waals surface area (Å²) < 4.78 is 14.2. The zero-order chi connectivity index (χ0) is 17.6. The zero-order valence-corrected chi connectivity index (χ0v) is 13.7. The number of rotatable bonds is 3. The molecule has 1 N–H and O–H groups in total. The number of carbonyl (C=O) groups excluding carboxylic acids is 1. The van der Waals surface area contributed by atoms with Crippen molar-refractivity contribution >= 4 is 11.9 Å². The zero-order valence-electron chi connectivity index (χ0n) is 13.7. The third kappa shape index (κ3) is 2.60. The van der Waals surface area contributed by atoms with Gasteiger partial charge in [0.05, 0.1) is 11.0 Å². The van der Waals surface area contributed by atoms with E-state index in [1.165, 1.54) is 6.07 Å². The quantitative estimate of drug-likeness (QED) is 0.935. The van der Waals surface area contributed by atoms with E-state index < -0.39 is 11.4 Å². The minimum absolute atomic E-state index is 0.0519. The van der Waals surface area contributed by atoms with Gasteiger partial charge in [-0.1, -0.05) is 24.3 Å². The highest BCUT2D eigenvalue weighted by Gasteiger charge is 2.54. The molecule has 25 heavy (non-hydrogen) atoms. The molecule has 0 saturated heterocycles. The minimum Gasteiger partial charge on any atom is -0.478 e. The number of fused-ring (bicyclic) bond motifs is 1. The Morgan fingerprint density at radius 1 is 1.08 bits per heavy atom. The Bertz CT molecular complexity index is 873. The first kappa shape index (κ1) is 15.8. The second-order valence-corrected chi connectivity index (χ2v) is 6.83. The molecule has 5 heteroatoms. The van der Waals surface area contributed by atoms with Gasteiger partial charge in [0.15, 0.2) is 0 Å². The third-order valence-electron chi connectivity index (χ3n) is 5.30. The molecule has 2 aromatic carbocycles. The Kier molecular flexibility index (Phi) is 3.60. The SMILES string of the molecule is O=C(O)c1ccc2c(c1)CN(C(=O)C1(c3ccccc3F)CC1)CC2. The fourth-order valence-corrected chi connectivity index (χ4v) is 3.74. The van der Waals surface area contributed by atoms with E-state index in [2.05, 4.69) is 0 Å². The van der Waals surface area contributed by atoms with Crippen molar-refractivity contribution in [3.8, 4) is 0 Å². The van der Waals surface area contributed by atoms with Gasteiger partial charge in [-0.25, -0.2) is 9.18 Å². The van der Waals surface area contributed by atoms with Crippen molar-refractivity contribution in [2.75, 3.05) is 6.54 Å². The van der Waals surface area contributed by atoms with E-state index in [9.17, 15) is 14.0 Å². The number of carboxylic acids is 1. The number of amides is 1. The van der Waals surface area contributed by atoms with Crippen LogP contribution in [0.4, 0.5) is 4.39 Å². The van der Waals surface area contributed by atoms with Crippen molar-refractivity contribution in [1.82, 2.24) is 4.90 Å². The van der Waals surface area contributed by atoms with Crippen molar-refractivity contribution in [1.29, 1.82) is 0 Å². The van der Waals surface area contributed by atoms with Crippen molar-refractivity contribution < 1.29 is 19.1 Å². The Balaban J connectivity index is 1.61. The molecule has 128 valence electrons. The van der Waals surface area contributed by atoms with Gasteiger partial charge in [-0.15, -0.1) is 0 Å². The minimum atomic E-state index is -0.976. The van der Waals surface area contributed by atoms with Crippen molar-refractivity contribution in [2.24, 2.45) is 0 Å². The predicted octanol–water partition coefficient (Wildman–Crippen LogP) is 3.14. The lowest BCUT2D eigenvalue weighted by Crippen LogP contribution is -2.42. The number of benzene rings is 2. The van der Waals surface area contributed by atoms with Gasteiger partial charge < -0.3 is 10.0 Å². The number of carbonyl (C=O) groups is 2. The maximum atomic E-state index is 14.2. The number of nitrogens with zero attached hydrogens (tertiary/aromatic N) is 1. The van der Waals surface area contributed by atoms with E-state index >= 15 is 0 Å². The van der Waals surface area contributed by atoms with Crippen LogP contribution >= 0.6 is 0 Å². The Labute approximate surface area is 144 Å². The summed E-state index contributed by atoms with van der Waals surface area (Å²) in [5, 5.41) is 9.16. The monoisotopic (exact) mass is 339 g/mol. The molecule has 1 fully saturated rings. The second-order valence-electron chi connectivity index (χ2n) is 6.83. The van der Waals surface area contributed by atoms with Gasteiger partial charge in [0.2, 0.25) is 5.91 Å². The van der Waals surface area contributed by atoms with Gasteiger partial charge in [-0.3, -0.25) is 4.79 Å². The highest BCUT2D eigenvalue weighted by Crippen LogP contribution is 2.50. The molecule has 1 aliphatic carbocycles. The Morgan fingerprint density at radius 2 is 1.84 bits per heavy atom. The van der Waals surface area contributed by atoms with Crippen LogP contribution in [0.1, 0.15) is 39.9 Å². The summed E-state index contributed by atoms with van der Waals surface area (Å²) >= 11 is 0. The lowest BCUT2D eigenvalue weighted by Gasteiger charge is -2.32. The standard InChI is InChI=1S/C20H18FNO3/c21-17-4-2-1-3-16(17)20(8-9-20)19(25)22-10-7-13-5-6-14(18(23)24)11-15(13)12-22/h1-6,11H,7-10,12H2,(H,23,24). The van der Waals surface area contributed by atoms with Gasteiger partial charge in [-0.05, 0) is 48.6 Å². The van der Waals surface area contributed by atoms with Crippen LogP contribution in [-0.2, 0) is 23.2 Å². The lowest BCUT2D eigenvalue weighted by molar-refractivity contribution is -0.135. The van der Waals surface area contributed by atoms with Crippen LogP contribution in [0.2, 0.25) is 0 Å². The van der Waals surface area contributed by atoms with E-state index in [0.29, 0.717) is 37.9 Å². The lowest BCUT2D eigenvalue weighted by atomic mass is 9.91.